The van der Waals surface area contributed by atoms with E-state index < -0.39 is 0 Å². The molecule has 2 rings (SSSR count). The molecule has 0 unspecified atom stereocenters. The van der Waals surface area contributed by atoms with Crippen molar-refractivity contribution in [2.24, 2.45) is 0 Å². The second-order valence-corrected chi connectivity index (χ2v) is 4.45. The first kappa shape index (κ1) is 16.3. The minimum absolute atomic E-state index is 0.572. The molecule has 0 bridgehead atoms. The number of ether oxygens (including phenoxy) is 2. The van der Waals surface area contributed by atoms with E-state index >= 15 is 0 Å². The Hall–Kier alpha value is -2.76. The van der Waals surface area contributed by atoms with E-state index in [0.717, 1.165) is 5.56 Å². The molecule has 114 valence electrons. The number of hydrogen-bond donors (Lipinski definition) is 4. The van der Waals surface area contributed by atoms with Crippen molar-refractivity contribution in [1.82, 2.24) is 0 Å². The third-order valence-corrected chi connectivity index (χ3v) is 2.87. The van der Waals surface area contributed by atoms with Crippen LogP contribution in [0.4, 0.5) is 22.7 Å². The standard InChI is InChI=1S/C8H12N2O.C7H10N2O/c1-5-3-7(10)8(11-2)4-6(5)9;1-10-7-3-2-5(8)4-6(7)9/h3-4H,9-10H2,1-2H3;2-4H,8-9H2,1H3. The van der Waals surface area contributed by atoms with Gasteiger partial charge in [-0.1, -0.05) is 0 Å². The average Bonchev–Trinajstić information content (AvgIpc) is 2.44. The van der Waals surface area contributed by atoms with Gasteiger partial charge in [0.25, 0.3) is 0 Å². The van der Waals surface area contributed by atoms with Gasteiger partial charge in [0.15, 0.2) is 0 Å². The molecular formula is C15H22N4O2. The smallest absolute Gasteiger partial charge is 0.143 e. The van der Waals surface area contributed by atoms with Crippen LogP contribution < -0.4 is 32.4 Å². The molecule has 0 saturated heterocycles. The second kappa shape index (κ2) is 7.14. The second-order valence-electron chi connectivity index (χ2n) is 4.45. The van der Waals surface area contributed by atoms with Gasteiger partial charge in [0, 0.05) is 17.4 Å². The van der Waals surface area contributed by atoms with Gasteiger partial charge in [-0.15, -0.1) is 0 Å². The zero-order chi connectivity index (χ0) is 16.0. The number of nitrogens with two attached hydrogens (primary N) is 4. The Morgan fingerprint density at radius 1 is 0.714 bits per heavy atom. The van der Waals surface area contributed by atoms with Gasteiger partial charge in [-0.25, -0.2) is 0 Å². The number of rotatable bonds is 2. The van der Waals surface area contributed by atoms with E-state index in [1.165, 1.54) is 0 Å². The van der Waals surface area contributed by atoms with Crippen LogP contribution >= 0.6 is 0 Å². The fourth-order valence-corrected chi connectivity index (χ4v) is 1.66. The van der Waals surface area contributed by atoms with Gasteiger partial charge in [0.2, 0.25) is 0 Å². The van der Waals surface area contributed by atoms with Gasteiger partial charge in [-0.2, -0.15) is 0 Å². The van der Waals surface area contributed by atoms with E-state index in [4.69, 9.17) is 32.4 Å². The number of hydrogen-bond acceptors (Lipinski definition) is 6. The predicted molar refractivity (Wildman–Crippen MR) is 88.4 cm³/mol. The molecule has 0 fully saturated rings. The fraction of sp³-hybridized carbons (Fsp3) is 0.200. The minimum atomic E-state index is 0.572. The van der Waals surface area contributed by atoms with E-state index in [-0.39, 0.29) is 0 Å². The van der Waals surface area contributed by atoms with E-state index in [0.29, 0.717) is 34.2 Å². The third kappa shape index (κ3) is 4.38. The molecular weight excluding hydrogens is 268 g/mol. The topological polar surface area (TPSA) is 123 Å². The Morgan fingerprint density at radius 2 is 1.29 bits per heavy atom. The van der Waals surface area contributed by atoms with Crippen molar-refractivity contribution in [3.63, 3.8) is 0 Å². The van der Waals surface area contributed by atoms with Gasteiger partial charge in [0.05, 0.1) is 25.6 Å². The first-order valence-electron chi connectivity index (χ1n) is 6.27. The van der Waals surface area contributed by atoms with Crippen LogP contribution in [-0.2, 0) is 0 Å². The predicted octanol–water partition coefficient (Wildman–Crippen LogP) is 2.03. The third-order valence-electron chi connectivity index (χ3n) is 2.87. The van der Waals surface area contributed by atoms with E-state index in [1.54, 1.807) is 44.6 Å². The summed E-state index contributed by atoms with van der Waals surface area (Å²) >= 11 is 0. The Morgan fingerprint density at radius 3 is 1.81 bits per heavy atom. The first-order chi connectivity index (χ1) is 9.88. The van der Waals surface area contributed by atoms with Gasteiger partial charge in [-0.05, 0) is 36.8 Å². The lowest BCUT2D eigenvalue weighted by Crippen LogP contribution is -1.96. The fourth-order valence-electron chi connectivity index (χ4n) is 1.66. The molecule has 2 aromatic rings. The summed E-state index contributed by atoms with van der Waals surface area (Å²) in [5, 5.41) is 0. The van der Waals surface area contributed by atoms with E-state index in [9.17, 15) is 0 Å². The summed E-state index contributed by atoms with van der Waals surface area (Å²) in [4.78, 5) is 0. The minimum Gasteiger partial charge on any atom is -0.495 e. The summed E-state index contributed by atoms with van der Waals surface area (Å²) in [5.41, 5.74) is 25.8. The number of aryl methyl sites for hydroxylation is 1. The first-order valence-corrected chi connectivity index (χ1v) is 6.27. The highest BCUT2D eigenvalue weighted by molar-refractivity contribution is 5.63. The lowest BCUT2D eigenvalue weighted by atomic mass is 10.2. The highest BCUT2D eigenvalue weighted by Gasteiger charge is 2.01. The highest BCUT2D eigenvalue weighted by atomic mass is 16.5. The summed E-state index contributed by atoms with van der Waals surface area (Å²) in [6.07, 6.45) is 0. The van der Waals surface area contributed by atoms with Crippen LogP contribution in [0.5, 0.6) is 11.5 Å². The van der Waals surface area contributed by atoms with Gasteiger partial charge in [-0.3, -0.25) is 0 Å². The van der Waals surface area contributed by atoms with Crippen LogP contribution in [0.1, 0.15) is 5.56 Å². The maximum Gasteiger partial charge on any atom is 0.143 e. The molecule has 0 amide bonds. The number of anilines is 4. The van der Waals surface area contributed by atoms with Gasteiger partial charge in [0.1, 0.15) is 11.5 Å². The molecule has 0 aliphatic rings. The Kier molecular flexibility index (Phi) is 5.54. The molecule has 8 N–H and O–H groups in total. The average molecular weight is 290 g/mol. The van der Waals surface area contributed by atoms with Crippen molar-refractivity contribution in [3.05, 3.63) is 35.9 Å². The van der Waals surface area contributed by atoms with Crippen LogP contribution in [0.2, 0.25) is 0 Å². The Balaban J connectivity index is 0.000000211. The summed E-state index contributed by atoms with van der Waals surface area (Å²) in [6, 6.07) is 8.68. The van der Waals surface area contributed by atoms with Crippen LogP contribution in [0.25, 0.3) is 0 Å². The van der Waals surface area contributed by atoms with Crippen LogP contribution in [0, 0.1) is 6.92 Å². The molecule has 0 aliphatic carbocycles. The van der Waals surface area contributed by atoms with Crippen LogP contribution in [-0.4, -0.2) is 14.2 Å². The number of nitrogen functional groups attached to an aromatic ring is 4. The van der Waals surface area contributed by atoms with Crippen molar-refractivity contribution < 1.29 is 9.47 Å². The summed E-state index contributed by atoms with van der Waals surface area (Å²) in [5.74, 6) is 1.29. The number of methoxy groups -OCH3 is 2. The molecule has 6 nitrogen and oxygen atoms in total. The zero-order valence-corrected chi connectivity index (χ0v) is 12.5. The quantitative estimate of drug-likeness (QED) is 0.628. The van der Waals surface area contributed by atoms with Crippen molar-refractivity contribution in [2.45, 2.75) is 6.92 Å². The van der Waals surface area contributed by atoms with Gasteiger partial charge < -0.3 is 32.4 Å². The molecule has 0 radical (unpaired) electrons. The molecule has 0 spiro atoms. The van der Waals surface area contributed by atoms with Crippen molar-refractivity contribution in [3.8, 4) is 11.5 Å². The largest absolute Gasteiger partial charge is 0.495 e. The highest BCUT2D eigenvalue weighted by Crippen LogP contribution is 2.26. The van der Waals surface area contributed by atoms with Crippen LogP contribution in [0.3, 0.4) is 0 Å². The van der Waals surface area contributed by atoms with E-state index in [1.807, 2.05) is 6.92 Å². The number of benzene rings is 2. The monoisotopic (exact) mass is 290 g/mol. The van der Waals surface area contributed by atoms with Crippen molar-refractivity contribution in [2.75, 3.05) is 37.2 Å². The molecule has 0 atom stereocenters. The lowest BCUT2D eigenvalue weighted by Gasteiger charge is -2.06. The summed E-state index contributed by atoms with van der Waals surface area (Å²) in [7, 11) is 3.14. The zero-order valence-electron chi connectivity index (χ0n) is 12.5. The molecule has 6 heteroatoms. The molecule has 0 saturated carbocycles. The maximum atomic E-state index is 5.63. The summed E-state index contributed by atoms with van der Waals surface area (Å²) in [6.45, 7) is 1.91. The van der Waals surface area contributed by atoms with Crippen molar-refractivity contribution in [1.29, 1.82) is 0 Å². The Labute approximate surface area is 124 Å². The molecule has 0 heterocycles. The molecule has 2 aromatic carbocycles. The Bertz CT molecular complexity index is 615. The lowest BCUT2D eigenvalue weighted by molar-refractivity contribution is 0.417. The normalized spacial score (nSPS) is 9.48. The SMILES string of the molecule is COc1cc(N)c(C)cc1N.COc1ccc(N)cc1N. The summed E-state index contributed by atoms with van der Waals surface area (Å²) < 4.78 is 9.90. The maximum absolute atomic E-state index is 5.63. The van der Waals surface area contributed by atoms with Crippen molar-refractivity contribution >= 4 is 22.7 Å². The van der Waals surface area contributed by atoms with Gasteiger partial charge >= 0.3 is 0 Å². The van der Waals surface area contributed by atoms with Crippen LogP contribution in [0.15, 0.2) is 30.3 Å². The van der Waals surface area contributed by atoms with E-state index in [2.05, 4.69) is 0 Å². The molecule has 0 aliphatic heterocycles. The molecule has 21 heavy (non-hydrogen) atoms. The molecule has 0 aromatic heterocycles.